The molecular weight excluding hydrogens is 316 g/mol. The van der Waals surface area contributed by atoms with Crippen LogP contribution >= 0.6 is 0 Å². The quantitative estimate of drug-likeness (QED) is 0.348. The van der Waals surface area contributed by atoms with Gasteiger partial charge in [-0.3, -0.25) is 4.99 Å². The molecule has 0 unspecified atom stereocenters. The van der Waals surface area contributed by atoms with Crippen molar-refractivity contribution in [1.82, 2.24) is 4.57 Å². The molecule has 0 saturated heterocycles. The summed E-state index contributed by atoms with van der Waals surface area (Å²) in [6.07, 6.45) is 2.93. The summed E-state index contributed by atoms with van der Waals surface area (Å²) < 4.78 is 2.37. The molecule has 2 nitrogen and oxygen atoms in total. The number of para-hydroxylation sites is 2. The normalized spacial score (nSPS) is 13.1. The highest BCUT2D eigenvalue weighted by atomic mass is 15.0. The lowest BCUT2D eigenvalue weighted by molar-refractivity contribution is 1.17. The van der Waals surface area contributed by atoms with Crippen molar-refractivity contribution in [2.24, 2.45) is 4.99 Å². The number of rotatable bonds is 1. The Bertz CT molecular complexity index is 1360. The van der Waals surface area contributed by atoms with Gasteiger partial charge in [0, 0.05) is 23.4 Å². The van der Waals surface area contributed by atoms with Crippen LogP contribution in [0.4, 0.5) is 5.69 Å². The number of fused-ring (bicyclic) bond motifs is 5. The van der Waals surface area contributed by atoms with E-state index in [1.165, 1.54) is 38.1 Å². The molecule has 1 aliphatic heterocycles. The Kier molecular flexibility index (Phi) is 2.69. The van der Waals surface area contributed by atoms with Crippen LogP contribution in [0.2, 0.25) is 0 Å². The highest BCUT2D eigenvalue weighted by Gasteiger charge is 2.18. The van der Waals surface area contributed by atoms with Crippen molar-refractivity contribution in [3.8, 4) is 5.69 Å². The molecule has 0 spiro atoms. The summed E-state index contributed by atoms with van der Waals surface area (Å²) >= 11 is 0. The summed E-state index contributed by atoms with van der Waals surface area (Å²) in [5, 5.41) is 5.12. The predicted octanol–water partition coefficient (Wildman–Crippen LogP) is 6.20. The zero-order valence-corrected chi connectivity index (χ0v) is 14.2. The van der Waals surface area contributed by atoms with Gasteiger partial charge in [0.25, 0.3) is 0 Å². The summed E-state index contributed by atoms with van der Waals surface area (Å²) in [6.45, 7) is 0. The van der Waals surface area contributed by atoms with Crippen molar-refractivity contribution >= 4 is 44.5 Å². The van der Waals surface area contributed by atoms with Gasteiger partial charge in [-0.25, -0.2) is 0 Å². The van der Waals surface area contributed by atoms with Crippen LogP contribution in [0.3, 0.4) is 0 Å². The molecule has 2 heteroatoms. The molecule has 0 atom stereocenters. The number of nitrogens with zero attached hydrogens (tertiary/aromatic N) is 2. The van der Waals surface area contributed by atoms with E-state index >= 15 is 0 Å². The number of benzene rings is 4. The topological polar surface area (TPSA) is 17.3 Å². The molecule has 0 amide bonds. The fourth-order valence-corrected chi connectivity index (χ4v) is 4.22. The fraction of sp³-hybridized carbons (Fsp3) is 0.0417. The lowest BCUT2D eigenvalue weighted by Gasteiger charge is -2.11. The Morgan fingerprint density at radius 1 is 0.692 bits per heavy atom. The van der Waals surface area contributed by atoms with E-state index in [0.717, 1.165) is 17.8 Å². The molecule has 0 fully saturated rings. The molecule has 5 aromatic rings. The van der Waals surface area contributed by atoms with Gasteiger partial charge in [0.2, 0.25) is 0 Å². The second kappa shape index (κ2) is 5.06. The van der Waals surface area contributed by atoms with Crippen molar-refractivity contribution in [3.63, 3.8) is 0 Å². The van der Waals surface area contributed by atoms with Crippen molar-refractivity contribution in [3.05, 3.63) is 84.4 Å². The standard InChI is InChI=1S/C24H16N2/c1-2-7-18-15-23-20(14-17(18)6-1)19-9-3-4-10-21(19)26(23)22-11-5-8-16-12-13-25-24(16)22/h1-11,13-15H,12H2. The number of aromatic nitrogens is 1. The largest absolute Gasteiger partial charge is 0.307 e. The maximum atomic E-state index is 4.69. The Morgan fingerprint density at radius 3 is 2.42 bits per heavy atom. The van der Waals surface area contributed by atoms with Gasteiger partial charge >= 0.3 is 0 Å². The van der Waals surface area contributed by atoms with E-state index in [2.05, 4.69) is 88.4 Å². The summed E-state index contributed by atoms with van der Waals surface area (Å²) in [5.41, 5.74) is 6.03. The number of aliphatic imine (C=N–C) groups is 1. The van der Waals surface area contributed by atoms with E-state index in [-0.39, 0.29) is 0 Å². The van der Waals surface area contributed by atoms with Crippen molar-refractivity contribution in [2.45, 2.75) is 6.42 Å². The van der Waals surface area contributed by atoms with Crippen LogP contribution in [0.25, 0.3) is 38.3 Å². The molecule has 2 heterocycles. The maximum Gasteiger partial charge on any atom is 0.0901 e. The van der Waals surface area contributed by atoms with Crippen LogP contribution in [0.15, 0.2) is 83.9 Å². The second-order valence-corrected chi connectivity index (χ2v) is 6.87. The average Bonchev–Trinajstić information content (AvgIpc) is 3.29. The highest BCUT2D eigenvalue weighted by Crippen LogP contribution is 2.39. The van der Waals surface area contributed by atoms with Gasteiger partial charge in [-0.1, -0.05) is 54.6 Å². The third-order valence-electron chi connectivity index (χ3n) is 5.41. The van der Waals surface area contributed by atoms with Gasteiger partial charge in [-0.2, -0.15) is 0 Å². The van der Waals surface area contributed by atoms with E-state index < -0.39 is 0 Å². The van der Waals surface area contributed by atoms with Crippen LogP contribution < -0.4 is 0 Å². The van der Waals surface area contributed by atoms with Gasteiger partial charge in [-0.05, 0) is 40.6 Å². The van der Waals surface area contributed by atoms with E-state index in [1.807, 2.05) is 6.21 Å². The molecule has 122 valence electrons. The summed E-state index contributed by atoms with van der Waals surface area (Å²) in [5.74, 6) is 0. The minimum Gasteiger partial charge on any atom is -0.307 e. The Balaban J connectivity index is 1.84. The molecule has 26 heavy (non-hydrogen) atoms. The maximum absolute atomic E-state index is 4.69. The molecular formula is C24H16N2. The third-order valence-corrected chi connectivity index (χ3v) is 5.41. The van der Waals surface area contributed by atoms with Crippen LogP contribution in [0.1, 0.15) is 5.56 Å². The Morgan fingerprint density at radius 2 is 1.50 bits per heavy atom. The first-order chi connectivity index (χ1) is 12.9. The molecule has 4 aromatic carbocycles. The van der Waals surface area contributed by atoms with E-state index in [0.29, 0.717) is 0 Å². The second-order valence-electron chi connectivity index (χ2n) is 6.87. The summed E-state index contributed by atoms with van der Waals surface area (Å²) in [4.78, 5) is 4.69. The Hall–Kier alpha value is -3.39. The van der Waals surface area contributed by atoms with E-state index in [4.69, 9.17) is 0 Å². The number of hydrogen-bond acceptors (Lipinski definition) is 1. The summed E-state index contributed by atoms with van der Waals surface area (Å²) in [7, 11) is 0. The van der Waals surface area contributed by atoms with Gasteiger partial charge < -0.3 is 4.57 Å². The molecule has 1 aliphatic rings. The predicted molar refractivity (Wildman–Crippen MR) is 110 cm³/mol. The smallest absolute Gasteiger partial charge is 0.0901 e. The summed E-state index contributed by atoms with van der Waals surface area (Å²) in [6, 6.07) is 28.4. The van der Waals surface area contributed by atoms with Crippen molar-refractivity contribution in [2.75, 3.05) is 0 Å². The molecule has 0 aliphatic carbocycles. The molecule has 0 N–H and O–H groups in total. The molecule has 0 saturated carbocycles. The molecule has 0 bridgehead atoms. The first-order valence-electron chi connectivity index (χ1n) is 8.97. The van der Waals surface area contributed by atoms with Crippen LogP contribution in [-0.2, 0) is 6.42 Å². The average molecular weight is 332 g/mol. The highest BCUT2D eigenvalue weighted by molar-refractivity contribution is 6.14. The van der Waals surface area contributed by atoms with Crippen LogP contribution in [0.5, 0.6) is 0 Å². The SMILES string of the molecule is C1=Nc2c(cccc2-n2c3ccccc3c3cc4ccccc4cc32)C1. The fourth-order valence-electron chi connectivity index (χ4n) is 4.22. The first-order valence-corrected chi connectivity index (χ1v) is 8.97. The van der Waals surface area contributed by atoms with E-state index in [1.54, 1.807) is 0 Å². The van der Waals surface area contributed by atoms with Crippen LogP contribution in [-0.4, -0.2) is 10.8 Å². The van der Waals surface area contributed by atoms with Gasteiger partial charge in [-0.15, -0.1) is 0 Å². The Labute approximate surface area is 151 Å². The zero-order valence-electron chi connectivity index (χ0n) is 14.2. The van der Waals surface area contributed by atoms with Crippen molar-refractivity contribution in [1.29, 1.82) is 0 Å². The van der Waals surface area contributed by atoms with Gasteiger partial charge in [0.15, 0.2) is 0 Å². The number of hydrogen-bond donors (Lipinski definition) is 0. The minimum atomic E-state index is 0.920. The lowest BCUT2D eigenvalue weighted by Crippen LogP contribution is -1.95. The zero-order chi connectivity index (χ0) is 17.1. The molecule has 1 aromatic heterocycles. The first kappa shape index (κ1) is 13.9. The monoisotopic (exact) mass is 332 g/mol. The van der Waals surface area contributed by atoms with Gasteiger partial charge in [0.05, 0.1) is 22.4 Å². The lowest BCUT2D eigenvalue weighted by atomic mass is 10.1. The van der Waals surface area contributed by atoms with Crippen molar-refractivity contribution < 1.29 is 0 Å². The van der Waals surface area contributed by atoms with E-state index in [9.17, 15) is 0 Å². The molecule has 0 radical (unpaired) electrons. The minimum absolute atomic E-state index is 0.920. The van der Waals surface area contributed by atoms with Crippen LogP contribution in [0, 0.1) is 0 Å². The third kappa shape index (κ3) is 1.79. The molecule has 6 rings (SSSR count). The van der Waals surface area contributed by atoms with Gasteiger partial charge in [0.1, 0.15) is 0 Å².